The van der Waals surface area contributed by atoms with Gasteiger partial charge in [-0.05, 0) is 43.3 Å². The second-order valence-electron chi connectivity index (χ2n) is 6.44. The van der Waals surface area contributed by atoms with Gasteiger partial charge < -0.3 is 20.3 Å². The normalized spacial score (nSPS) is 10.3. The summed E-state index contributed by atoms with van der Waals surface area (Å²) in [5.74, 6) is 1.41. The number of benzene rings is 2. The molecule has 28 heavy (non-hydrogen) atoms. The predicted octanol–water partition coefficient (Wildman–Crippen LogP) is 3.86. The highest BCUT2D eigenvalue weighted by Crippen LogP contribution is 2.21. The Kier molecular flexibility index (Phi) is 5.74. The lowest BCUT2D eigenvalue weighted by atomic mass is 10.2. The number of amides is 1. The molecular formula is C21H23N5O2. The van der Waals surface area contributed by atoms with Crippen LogP contribution in [0.25, 0.3) is 0 Å². The van der Waals surface area contributed by atoms with Crippen molar-refractivity contribution in [2.24, 2.45) is 0 Å². The summed E-state index contributed by atoms with van der Waals surface area (Å²) < 4.78 is 5.18. The molecule has 1 aromatic heterocycles. The number of anilines is 4. The number of rotatable bonds is 6. The monoisotopic (exact) mass is 377 g/mol. The minimum Gasteiger partial charge on any atom is -0.497 e. The molecule has 0 aliphatic rings. The Balaban J connectivity index is 1.77. The number of aromatic nitrogens is 2. The molecule has 2 N–H and O–H groups in total. The van der Waals surface area contributed by atoms with Crippen LogP contribution >= 0.6 is 0 Å². The Morgan fingerprint density at radius 2 is 1.75 bits per heavy atom. The second-order valence-corrected chi connectivity index (χ2v) is 6.44. The lowest BCUT2D eigenvalue weighted by Crippen LogP contribution is -2.15. The molecule has 0 unspecified atom stereocenters. The van der Waals surface area contributed by atoms with E-state index in [0.29, 0.717) is 23.1 Å². The zero-order valence-corrected chi connectivity index (χ0v) is 16.4. The summed E-state index contributed by atoms with van der Waals surface area (Å²) in [6.07, 6.45) is 0. The van der Waals surface area contributed by atoms with Gasteiger partial charge in [0.2, 0.25) is 0 Å². The van der Waals surface area contributed by atoms with Crippen molar-refractivity contribution in [2.45, 2.75) is 6.92 Å². The maximum absolute atomic E-state index is 12.6. The lowest BCUT2D eigenvalue weighted by Gasteiger charge is -2.13. The van der Waals surface area contributed by atoms with Crippen molar-refractivity contribution in [1.82, 2.24) is 9.97 Å². The van der Waals surface area contributed by atoms with E-state index in [1.54, 1.807) is 32.2 Å². The van der Waals surface area contributed by atoms with Gasteiger partial charge in [0, 0.05) is 43.3 Å². The first-order valence-electron chi connectivity index (χ1n) is 8.80. The van der Waals surface area contributed by atoms with Gasteiger partial charge in [-0.1, -0.05) is 6.07 Å². The molecule has 0 radical (unpaired) electrons. The zero-order valence-electron chi connectivity index (χ0n) is 16.4. The van der Waals surface area contributed by atoms with Gasteiger partial charge in [-0.2, -0.15) is 0 Å². The summed E-state index contributed by atoms with van der Waals surface area (Å²) in [6.45, 7) is 1.75. The topological polar surface area (TPSA) is 79.4 Å². The minimum absolute atomic E-state index is 0.280. The van der Waals surface area contributed by atoms with Crippen LogP contribution in [0.15, 0.2) is 54.6 Å². The average molecular weight is 377 g/mol. The Morgan fingerprint density at radius 1 is 1.00 bits per heavy atom. The van der Waals surface area contributed by atoms with Gasteiger partial charge in [-0.15, -0.1) is 0 Å². The van der Waals surface area contributed by atoms with Gasteiger partial charge >= 0.3 is 0 Å². The van der Waals surface area contributed by atoms with E-state index < -0.39 is 0 Å². The fraction of sp³-hybridized carbons (Fsp3) is 0.190. The highest BCUT2D eigenvalue weighted by molar-refractivity contribution is 6.03. The molecule has 0 saturated carbocycles. The summed E-state index contributed by atoms with van der Waals surface area (Å²) in [5.41, 5.74) is 2.89. The highest BCUT2D eigenvalue weighted by Gasteiger charge is 2.12. The van der Waals surface area contributed by atoms with Crippen LogP contribution in [0.4, 0.5) is 22.9 Å². The number of hydrogen-bond donors (Lipinski definition) is 2. The first-order chi connectivity index (χ1) is 13.4. The summed E-state index contributed by atoms with van der Waals surface area (Å²) in [6, 6.07) is 16.7. The second kappa shape index (κ2) is 8.39. The highest BCUT2D eigenvalue weighted by atomic mass is 16.5. The van der Waals surface area contributed by atoms with E-state index in [2.05, 4.69) is 20.6 Å². The number of carbonyl (C=O) groups excluding carboxylic acids is 1. The van der Waals surface area contributed by atoms with E-state index in [4.69, 9.17) is 4.74 Å². The third kappa shape index (κ3) is 4.76. The smallest absolute Gasteiger partial charge is 0.274 e. The molecule has 0 spiro atoms. The number of nitrogens with zero attached hydrogens (tertiary/aromatic N) is 3. The number of aryl methyl sites for hydroxylation is 1. The van der Waals surface area contributed by atoms with Crippen LogP contribution < -0.4 is 20.3 Å². The summed E-state index contributed by atoms with van der Waals surface area (Å²) >= 11 is 0. The van der Waals surface area contributed by atoms with Crippen molar-refractivity contribution >= 4 is 28.8 Å². The minimum atomic E-state index is -0.315. The van der Waals surface area contributed by atoms with Crippen molar-refractivity contribution in [3.05, 3.63) is 66.1 Å². The summed E-state index contributed by atoms with van der Waals surface area (Å²) in [7, 11) is 5.56. The Bertz CT molecular complexity index is 971. The molecule has 0 saturated heterocycles. The molecule has 1 amide bonds. The fourth-order valence-corrected chi connectivity index (χ4v) is 2.63. The van der Waals surface area contributed by atoms with Crippen molar-refractivity contribution in [3.63, 3.8) is 0 Å². The van der Waals surface area contributed by atoms with Crippen molar-refractivity contribution in [3.8, 4) is 5.75 Å². The van der Waals surface area contributed by atoms with Crippen molar-refractivity contribution < 1.29 is 9.53 Å². The number of nitrogens with one attached hydrogen (secondary N) is 2. The van der Waals surface area contributed by atoms with Crippen LogP contribution in [0, 0.1) is 6.92 Å². The van der Waals surface area contributed by atoms with Gasteiger partial charge in [-0.25, -0.2) is 9.97 Å². The number of hydrogen-bond acceptors (Lipinski definition) is 6. The molecule has 7 nitrogen and oxygen atoms in total. The predicted molar refractivity (Wildman–Crippen MR) is 112 cm³/mol. The first-order valence-corrected chi connectivity index (χ1v) is 8.80. The van der Waals surface area contributed by atoms with Crippen LogP contribution in [-0.2, 0) is 0 Å². The molecule has 1 heterocycles. The van der Waals surface area contributed by atoms with E-state index in [0.717, 1.165) is 11.4 Å². The van der Waals surface area contributed by atoms with Gasteiger partial charge in [0.05, 0.1) is 7.11 Å². The maximum Gasteiger partial charge on any atom is 0.274 e. The summed E-state index contributed by atoms with van der Waals surface area (Å²) in [4.78, 5) is 23.3. The third-order valence-corrected chi connectivity index (χ3v) is 4.05. The van der Waals surface area contributed by atoms with E-state index >= 15 is 0 Å². The van der Waals surface area contributed by atoms with Crippen molar-refractivity contribution in [1.29, 1.82) is 0 Å². The molecule has 0 aliphatic heterocycles. The van der Waals surface area contributed by atoms with Crippen LogP contribution in [-0.4, -0.2) is 37.1 Å². The zero-order chi connectivity index (χ0) is 20.1. The molecule has 7 heteroatoms. The molecule has 3 aromatic rings. The van der Waals surface area contributed by atoms with E-state index in [9.17, 15) is 4.79 Å². The Hall–Kier alpha value is -3.61. The standard InChI is InChI=1S/C21H23N5O2/c1-14-22-19(21(27)25-16-6-5-7-18(12-16)28-4)13-20(23-14)24-15-8-10-17(11-9-15)26(2)3/h5-13H,1-4H3,(H,25,27)(H,22,23,24). The van der Waals surface area contributed by atoms with Gasteiger partial charge in [0.15, 0.2) is 0 Å². The van der Waals surface area contributed by atoms with Gasteiger partial charge in [0.25, 0.3) is 5.91 Å². The first kappa shape index (κ1) is 19.2. The van der Waals surface area contributed by atoms with Gasteiger partial charge in [0.1, 0.15) is 23.1 Å². The SMILES string of the molecule is COc1cccc(NC(=O)c2cc(Nc3ccc(N(C)C)cc3)nc(C)n2)c1. The van der Waals surface area contributed by atoms with Crippen LogP contribution in [0.5, 0.6) is 5.75 Å². The number of ether oxygens (including phenoxy) is 1. The molecule has 0 aliphatic carbocycles. The number of methoxy groups -OCH3 is 1. The average Bonchev–Trinajstić information content (AvgIpc) is 2.68. The molecular weight excluding hydrogens is 354 g/mol. The molecule has 0 atom stereocenters. The maximum atomic E-state index is 12.6. The van der Waals surface area contributed by atoms with Crippen LogP contribution in [0.1, 0.15) is 16.3 Å². The van der Waals surface area contributed by atoms with Gasteiger partial charge in [-0.3, -0.25) is 4.79 Å². The van der Waals surface area contributed by atoms with Crippen LogP contribution in [0.2, 0.25) is 0 Å². The number of carbonyl (C=O) groups is 1. The Labute approximate surface area is 164 Å². The largest absolute Gasteiger partial charge is 0.497 e. The Morgan fingerprint density at radius 3 is 2.43 bits per heavy atom. The molecule has 3 rings (SSSR count). The molecule has 144 valence electrons. The summed E-state index contributed by atoms with van der Waals surface area (Å²) in [5, 5.41) is 6.05. The van der Waals surface area contributed by atoms with E-state index in [1.165, 1.54) is 0 Å². The molecule has 0 bridgehead atoms. The van der Waals surface area contributed by atoms with E-state index in [1.807, 2.05) is 55.4 Å². The third-order valence-electron chi connectivity index (χ3n) is 4.05. The van der Waals surface area contributed by atoms with Crippen molar-refractivity contribution in [2.75, 3.05) is 36.7 Å². The lowest BCUT2D eigenvalue weighted by molar-refractivity contribution is 0.102. The fourth-order valence-electron chi connectivity index (χ4n) is 2.63. The quantitative estimate of drug-likeness (QED) is 0.679. The van der Waals surface area contributed by atoms with E-state index in [-0.39, 0.29) is 11.6 Å². The molecule has 2 aromatic carbocycles. The van der Waals surface area contributed by atoms with Crippen LogP contribution in [0.3, 0.4) is 0 Å². The molecule has 0 fully saturated rings.